The number of ether oxygens (including phenoxy) is 2. The van der Waals surface area contributed by atoms with Crippen molar-refractivity contribution in [2.24, 2.45) is 0 Å². The molecule has 2 N–H and O–H groups in total. The highest BCUT2D eigenvalue weighted by Crippen LogP contribution is 2.27. The van der Waals surface area contributed by atoms with E-state index in [-0.39, 0.29) is 11.6 Å². The molecule has 3 aromatic rings. The minimum atomic E-state index is -0.225. The Morgan fingerprint density at radius 1 is 1.00 bits per heavy atom. The molecule has 0 unspecified atom stereocenters. The maximum absolute atomic E-state index is 12.8. The van der Waals surface area contributed by atoms with Gasteiger partial charge in [0, 0.05) is 5.39 Å². The Kier molecular flexibility index (Phi) is 3.85. The van der Waals surface area contributed by atoms with Crippen LogP contribution in [0.5, 0.6) is 11.5 Å². The number of rotatable bonds is 4. The van der Waals surface area contributed by atoms with Crippen LogP contribution in [-0.4, -0.2) is 25.0 Å². The first-order chi connectivity index (χ1) is 11.1. The molecular weight excluding hydrogens is 292 g/mol. The second-order valence-electron chi connectivity index (χ2n) is 5.01. The Balaban J connectivity index is 2.14. The standard InChI is InChI=1S/C18H16N2O3/c1-22-12-7-8-15-11(9-12)10-14(18(19)20-15)17(21)13-5-3-4-6-16(13)23-2/h3-10H,1-2H3,(H2,19,20). The van der Waals surface area contributed by atoms with E-state index < -0.39 is 0 Å². The van der Waals surface area contributed by atoms with Crippen molar-refractivity contribution in [3.8, 4) is 11.5 Å². The second-order valence-corrected chi connectivity index (χ2v) is 5.01. The van der Waals surface area contributed by atoms with Gasteiger partial charge in [0.25, 0.3) is 0 Å². The summed E-state index contributed by atoms with van der Waals surface area (Å²) < 4.78 is 10.5. The van der Waals surface area contributed by atoms with Crippen molar-refractivity contribution in [3.63, 3.8) is 0 Å². The van der Waals surface area contributed by atoms with Crippen molar-refractivity contribution in [2.75, 3.05) is 20.0 Å². The SMILES string of the molecule is COc1ccc2nc(N)c(C(=O)c3ccccc3OC)cc2c1. The summed E-state index contributed by atoms with van der Waals surface area (Å²) in [5.74, 6) is 1.16. The largest absolute Gasteiger partial charge is 0.497 e. The van der Waals surface area contributed by atoms with Gasteiger partial charge in [0.05, 0.1) is 30.9 Å². The average molecular weight is 308 g/mol. The third-order valence-corrected chi connectivity index (χ3v) is 3.65. The number of benzene rings is 2. The number of ketones is 1. The van der Waals surface area contributed by atoms with Gasteiger partial charge in [-0.1, -0.05) is 12.1 Å². The number of nitrogens with zero attached hydrogens (tertiary/aromatic N) is 1. The number of hydrogen-bond acceptors (Lipinski definition) is 5. The molecule has 0 saturated heterocycles. The van der Waals surface area contributed by atoms with E-state index in [1.165, 1.54) is 7.11 Å². The first-order valence-electron chi connectivity index (χ1n) is 7.06. The number of aromatic nitrogens is 1. The van der Waals surface area contributed by atoms with Crippen LogP contribution in [0.3, 0.4) is 0 Å². The molecule has 0 radical (unpaired) electrons. The van der Waals surface area contributed by atoms with Gasteiger partial charge in [-0.15, -0.1) is 0 Å². The molecule has 116 valence electrons. The molecule has 23 heavy (non-hydrogen) atoms. The normalized spacial score (nSPS) is 10.5. The minimum absolute atomic E-state index is 0.193. The van der Waals surface area contributed by atoms with E-state index in [1.807, 2.05) is 18.2 Å². The van der Waals surface area contributed by atoms with Gasteiger partial charge in [-0.2, -0.15) is 0 Å². The van der Waals surface area contributed by atoms with Crippen molar-refractivity contribution < 1.29 is 14.3 Å². The first kappa shape index (κ1) is 14.8. The van der Waals surface area contributed by atoms with E-state index >= 15 is 0 Å². The van der Waals surface area contributed by atoms with Crippen molar-refractivity contribution in [2.45, 2.75) is 0 Å². The van der Waals surface area contributed by atoms with Gasteiger partial charge < -0.3 is 15.2 Å². The van der Waals surface area contributed by atoms with Crippen LogP contribution in [-0.2, 0) is 0 Å². The molecule has 0 amide bonds. The molecule has 0 saturated carbocycles. The Labute approximate surface area is 133 Å². The summed E-state index contributed by atoms with van der Waals surface area (Å²) in [7, 11) is 3.12. The maximum Gasteiger partial charge on any atom is 0.200 e. The fourth-order valence-corrected chi connectivity index (χ4v) is 2.46. The van der Waals surface area contributed by atoms with Crippen molar-refractivity contribution in [3.05, 3.63) is 59.7 Å². The van der Waals surface area contributed by atoms with Crippen LogP contribution in [0.15, 0.2) is 48.5 Å². The van der Waals surface area contributed by atoms with Crippen LogP contribution in [0.2, 0.25) is 0 Å². The number of nitrogen functional groups attached to an aromatic ring is 1. The third kappa shape index (κ3) is 2.68. The Morgan fingerprint density at radius 2 is 1.78 bits per heavy atom. The maximum atomic E-state index is 12.8. The summed E-state index contributed by atoms with van der Waals surface area (Å²) in [5, 5.41) is 0.789. The number of methoxy groups -OCH3 is 2. The molecule has 0 spiro atoms. The highest BCUT2D eigenvalue weighted by atomic mass is 16.5. The van der Waals surface area contributed by atoms with E-state index in [0.717, 1.165) is 5.39 Å². The van der Waals surface area contributed by atoms with Crippen molar-refractivity contribution in [1.29, 1.82) is 0 Å². The molecule has 0 aliphatic rings. The predicted molar refractivity (Wildman–Crippen MR) is 89.1 cm³/mol. The molecule has 1 heterocycles. The number of nitrogens with two attached hydrogens (primary N) is 1. The molecule has 0 atom stereocenters. The lowest BCUT2D eigenvalue weighted by Crippen LogP contribution is -2.08. The van der Waals surface area contributed by atoms with Crippen LogP contribution in [0, 0.1) is 0 Å². The average Bonchev–Trinajstić information content (AvgIpc) is 2.60. The van der Waals surface area contributed by atoms with Gasteiger partial charge in [0.15, 0.2) is 5.78 Å². The molecule has 0 aliphatic heterocycles. The fraction of sp³-hybridized carbons (Fsp3) is 0.111. The zero-order valence-electron chi connectivity index (χ0n) is 12.9. The molecular formula is C18H16N2O3. The Bertz CT molecular complexity index is 891. The molecule has 0 bridgehead atoms. The van der Waals surface area contributed by atoms with E-state index in [9.17, 15) is 4.79 Å². The lowest BCUT2D eigenvalue weighted by Gasteiger charge is -2.10. The van der Waals surface area contributed by atoms with Crippen molar-refractivity contribution in [1.82, 2.24) is 4.98 Å². The minimum Gasteiger partial charge on any atom is -0.497 e. The molecule has 5 heteroatoms. The fourth-order valence-electron chi connectivity index (χ4n) is 2.46. The van der Waals surface area contributed by atoms with Crippen LogP contribution >= 0.6 is 0 Å². The van der Waals surface area contributed by atoms with Gasteiger partial charge in [-0.3, -0.25) is 4.79 Å². The number of anilines is 1. The molecule has 0 fully saturated rings. The van der Waals surface area contributed by atoms with Gasteiger partial charge in [-0.05, 0) is 36.4 Å². The number of hydrogen-bond donors (Lipinski definition) is 1. The number of fused-ring (bicyclic) bond motifs is 1. The van der Waals surface area contributed by atoms with Crippen molar-refractivity contribution >= 4 is 22.5 Å². The highest BCUT2D eigenvalue weighted by Gasteiger charge is 2.18. The van der Waals surface area contributed by atoms with Gasteiger partial charge in [-0.25, -0.2) is 4.98 Å². The monoisotopic (exact) mass is 308 g/mol. The lowest BCUT2D eigenvalue weighted by molar-refractivity contribution is 0.103. The zero-order chi connectivity index (χ0) is 16.4. The lowest BCUT2D eigenvalue weighted by atomic mass is 10.0. The molecule has 5 nitrogen and oxygen atoms in total. The van der Waals surface area contributed by atoms with Gasteiger partial charge >= 0.3 is 0 Å². The number of para-hydroxylation sites is 1. The number of pyridine rings is 1. The second kappa shape index (κ2) is 5.96. The van der Waals surface area contributed by atoms with Crippen LogP contribution in [0.4, 0.5) is 5.82 Å². The Hall–Kier alpha value is -3.08. The first-order valence-corrected chi connectivity index (χ1v) is 7.06. The van der Waals surface area contributed by atoms with Gasteiger partial charge in [0.2, 0.25) is 0 Å². The van der Waals surface area contributed by atoms with E-state index in [0.29, 0.717) is 28.1 Å². The highest BCUT2D eigenvalue weighted by molar-refractivity contribution is 6.14. The molecule has 0 aliphatic carbocycles. The number of carbonyl (C=O) groups is 1. The molecule has 1 aromatic heterocycles. The van der Waals surface area contributed by atoms with Crippen LogP contribution in [0.25, 0.3) is 10.9 Å². The molecule has 2 aromatic carbocycles. The number of carbonyl (C=O) groups excluding carboxylic acids is 1. The van der Waals surface area contributed by atoms with E-state index in [2.05, 4.69) is 4.98 Å². The quantitative estimate of drug-likeness (QED) is 0.750. The van der Waals surface area contributed by atoms with Gasteiger partial charge in [0.1, 0.15) is 17.3 Å². The summed E-state index contributed by atoms with van der Waals surface area (Å²) in [6.07, 6.45) is 0. The Morgan fingerprint density at radius 3 is 2.52 bits per heavy atom. The predicted octanol–water partition coefficient (Wildman–Crippen LogP) is 3.07. The third-order valence-electron chi connectivity index (χ3n) is 3.65. The smallest absolute Gasteiger partial charge is 0.200 e. The van der Waals surface area contributed by atoms with Crippen LogP contribution < -0.4 is 15.2 Å². The molecule has 3 rings (SSSR count). The van der Waals surface area contributed by atoms with Crippen LogP contribution in [0.1, 0.15) is 15.9 Å². The summed E-state index contributed by atoms with van der Waals surface area (Å²) in [5.41, 5.74) is 7.48. The summed E-state index contributed by atoms with van der Waals surface area (Å²) in [6, 6.07) is 14.2. The van der Waals surface area contributed by atoms with E-state index in [4.69, 9.17) is 15.2 Å². The summed E-state index contributed by atoms with van der Waals surface area (Å²) in [6.45, 7) is 0. The summed E-state index contributed by atoms with van der Waals surface area (Å²) in [4.78, 5) is 17.1. The summed E-state index contributed by atoms with van der Waals surface area (Å²) >= 11 is 0. The van der Waals surface area contributed by atoms with E-state index in [1.54, 1.807) is 37.4 Å². The zero-order valence-corrected chi connectivity index (χ0v) is 12.9. The topological polar surface area (TPSA) is 74.4 Å².